The Morgan fingerprint density at radius 3 is 3.04 bits per heavy atom. The monoisotopic (exact) mass is 350 g/mol. The number of benzene rings is 1. The number of carbonyl (C=O) groups is 2. The molecule has 6 heteroatoms. The molecule has 1 spiro atoms. The number of likely N-dealkylation sites (tertiary alicyclic amines) is 1. The van der Waals surface area contributed by atoms with Crippen molar-refractivity contribution in [2.75, 3.05) is 18.4 Å². The fraction of sp³-hybridized carbons (Fsp3) is 0.400. The summed E-state index contributed by atoms with van der Waals surface area (Å²) in [6.45, 7) is 3.11. The van der Waals surface area contributed by atoms with Crippen molar-refractivity contribution in [2.24, 2.45) is 0 Å². The van der Waals surface area contributed by atoms with E-state index in [1.54, 1.807) is 11.1 Å². The molecular formula is C20H22N4O2. The van der Waals surface area contributed by atoms with E-state index in [0.29, 0.717) is 18.7 Å². The van der Waals surface area contributed by atoms with Crippen LogP contribution in [-0.4, -0.2) is 39.8 Å². The van der Waals surface area contributed by atoms with Crippen LogP contribution in [0, 0.1) is 0 Å². The number of anilines is 1. The molecule has 4 rings (SSSR count). The number of piperidine rings is 1. The summed E-state index contributed by atoms with van der Waals surface area (Å²) in [7, 11) is 0. The van der Waals surface area contributed by atoms with Gasteiger partial charge in [0.15, 0.2) is 0 Å². The molecule has 3 heterocycles. The number of rotatable bonds is 3. The molecule has 0 aliphatic carbocycles. The van der Waals surface area contributed by atoms with Gasteiger partial charge in [-0.15, -0.1) is 0 Å². The van der Waals surface area contributed by atoms with Gasteiger partial charge in [-0.2, -0.15) is 0 Å². The van der Waals surface area contributed by atoms with Gasteiger partial charge in [0.2, 0.25) is 5.91 Å². The van der Waals surface area contributed by atoms with Crippen molar-refractivity contribution in [3.05, 3.63) is 53.6 Å². The van der Waals surface area contributed by atoms with E-state index in [4.69, 9.17) is 0 Å². The van der Waals surface area contributed by atoms with Crippen molar-refractivity contribution >= 4 is 17.5 Å². The Morgan fingerprint density at radius 2 is 2.19 bits per heavy atom. The number of nitrogens with zero attached hydrogens (tertiary/aromatic N) is 3. The zero-order valence-corrected chi connectivity index (χ0v) is 14.9. The zero-order valence-electron chi connectivity index (χ0n) is 14.9. The molecule has 134 valence electrons. The molecule has 2 aromatic rings. The first-order valence-corrected chi connectivity index (χ1v) is 9.15. The van der Waals surface area contributed by atoms with Crippen LogP contribution in [-0.2, 0) is 16.6 Å². The molecule has 1 N–H and O–H groups in total. The Kier molecular flexibility index (Phi) is 4.18. The zero-order chi connectivity index (χ0) is 18.1. The first-order valence-electron chi connectivity index (χ1n) is 9.15. The highest BCUT2D eigenvalue weighted by Crippen LogP contribution is 2.43. The molecule has 0 bridgehead atoms. The summed E-state index contributed by atoms with van der Waals surface area (Å²) >= 11 is 0. The van der Waals surface area contributed by atoms with Crippen molar-refractivity contribution < 1.29 is 9.59 Å². The van der Waals surface area contributed by atoms with Gasteiger partial charge in [0.05, 0.1) is 16.7 Å². The summed E-state index contributed by atoms with van der Waals surface area (Å²) in [5, 5.41) is 2.99. The maximum atomic E-state index is 13.2. The molecule has 1 aromatic carbocycles. The molecule has 1 saturated heterocycles. The molecular weight excluding hydrogens is 328 g/mol. The van der Waals surface area contributed by atoms with Crippen LogP contribution in [0.25, 0.3) is 0 Å². The fourth-order valence-corrected chi connectivity index (χ4v) is 4.15. The lowest BCUT2D eigenvalue weighted by Gasteiger charge is -2.39. The molecule has 0 saturated carbocycles. The van der Waals surface area contributed by atoms with Crippen LogP contribution in [0.4, 0.5) is 5.69 Å². The van der Waals surface area contributed by atoms with E-state index in [9.17, 15) is 9.59 Å². The summed E-state index contributed by atoms with van der Waals surface area (Å²) in [6.07, 6.45) is 6.30. The minimum atomic E-state index is -0.648. The van der Waals surface area contributed by atoms with Gasteiger partial charge < -0.3 is 10.2 Å². The second-order valence-corrected chi connectivity index (χ2v) is 7.05. The first kappa shape index (κ1) is 16.7. The number of aryl methyl sites for hydroxylation is 1. The molecule has 1 aromatic heterocycles. The average Bonchev–Trinajstić information content (AvgIpc) is 2.93. The Morgan fingerprint density at radius 1 is 1.35 bits per heavy atom. The average molecular weight is 350 g/mol. The molecule has 0 radical (unpaired) electrons. The van der Waals surface area contributed by atoms with E-state index in [-0.39, 0.29) is 11.8 Å². The van der Waals surface area contributed by atoms with Crippen LogP contribution in [0.3, 0.4) is 0 Å². The third kappa shape index (κ3) is 2.57. The number of carbonyl (C=O) groups excluding carboxylic acids is 2. The number of nitrogens with one attached hydrogen (secondary N) is 1. The highest BCUT2D eigenvalue weighted by molar-refractivity contribution is 6.07. The SMILES string of the molecule is CCCc1ncncc1C(=O)N1CCCC2(C1)C(=O)Nc1ccccc12. The van der Waals surface area contributed by atoms with Crippen LogP contribution in [0.5, 0.6) is 0 Å². The van der Waals surface area contributed by atoms with Crippen molar-refractivity contribution in [3.63, 3.8) is 0 Å². The predicted octanol–water partition coefficient (Wildman–Crippen LogP) is 2.56. The highest BCUT2D eigenvalue weighted by Gasteiger charge is 2.50. The second kappa shape index (κ2) is 6.52. The van der Waals surface area contributed by atoms with Crippen molar-refractivity contribution in [2.45, 2.75) is 38.0 Å². The number of hydrogen-bond donors (Lipinski definition) is 1. The van der Waals surface area contributed by atoms with Gasteiger partial charge in [-0.1, -0.05) is 31.5 Å². The summed E-state index contributed by atoms with van der Waals surface area (Å²) < 4.78 is 0. The molecule has 1 atom stereocenters. The van der Waals surface area contributed by atoms with Gasteiger partial charge >= 0.3 is 0 Å². The van der Waals surface area contributed by atoms with Gasteiger partial charge in [0, 0.05) is 25.0 Å². The van der Waals surface area contributed by atoms with E-state index < -0.39 is 5.41 Å². The van der Waals surface area contributed by atoms with Gasteiger partial charge in [-0.05, 0) is 30.9 Å². The minimum Gasteiger partial charge on any atom is -0.337 e. The lowest BCUT2D eigenvalue weighted by molar-refractivity contribution is -0.122. The second-order valence-electron chi connectivity index (χ2n) is 7.05. The molecule has 6 nitrogen and oxygen atoms in total. The van der Waals surface area contributed by atoms with Crippen molar-refractivity contribution in [1.29, 1.82) is 0 Å². The van der Waals surface area contributed by atoms with Crippen LogP contribution in [0.2, 0.25) is 0 Å². The minimum absolute atomic E-state index is 0.00528. The van der Waals surface area contributed by atoms with Gasteiger partial charge in [-0.3, -0.25) is 9.59 Å². The molecule has 1 fully saturated rings. The normalized spacial score (nSPS) is 21.6. The first-order chi connectivity index (χ1) is 12.7. The van der Waals surface area contributed by atoms with Crippen LogP contribution >= 0.6 is 0 Å². The lowest BCUT2D eigenvalue weighted by Crippen LogP contribution is -2.52. The third-order valence-electron chi connectivity index (χ3n) is 5.42. The van der Waals surface area contributed by atoms with Gasteiger partial charge in [0.1, 0.15) is 6.33 Å². The van der Waals surface area contributed by atoms with Crippen LogP contribution < -0.4 is 5.32 Å². The number of amides is 2. The summed E-state index contributed by atoms with van der Waals surface area (Å²) in [6, 6.07) is 7.79. The van der Waals surface area contributed by atoms with Gasteiger partial charge in [-0.25, -0.2) is 9.97 Å². The maximum Gasteiger partial charge on any atom is 0.257 e. The van der Waals surface area contributed by atoms with Crippen LogP contribution in [0.1, 0.15) is 47.8 Å². The largest absolute Gasteiger partial charge is 0.337 e. The third-order valence-corrected chi connectivity index (χ3v) is 5.42. The molecule has 26 heavy (non-hydrogen) atoms. The fourth-order valence-electron chi connectivity index (χ4n) is 4.15. The Labute approximate surface area is 152 Å². The topological polar surface area (TPSA) is 75.2 Å². The molecule has 1 unspecified atom stereocenters. The molecule has 2 aliphatic heterocycles. The quantitative estimate of drug-likeness (QED) is 0.923. The Bertz CT molecular complexity index is 866. The van der Waals surface area contributed by atoms with E-state index in [1.807, 2.05) is 24.3 Å². The van der Waals surface area contributed by atoms with E-state index in [0.717, 1.165) is 42.6 Å². The van der Waals surface area contributed by atoms with Gasteiger partial charge in [0.25, 0.3) is 5.91 Å². The standard InChI is InChI=1S/C20H22N4O2/c1-2-6-16-14(11-21-13-22-16)18(25)24-10-5-9-20(12-24)15-7-3-4-8-17(15)23-19(20)26/h3-4,7-8,11,13H,2,5-6,9-10,12H2,1H3,(H,23,26). The molecule has 2 aliphatic rings. The van der Waals surface area contributed by atoms with E-state index >= 15 is 0 Å². The maximum absolute atomic E-state index is 13.2. The van der Waals surface area contributed by atoms with Crippen molar-refractivity contribution in [1.82, 2.24) is 14.9 Å². The number of para-hydroxylation sites is 1. The van der Waals surface area contributed by atoms with E-state index in [1.165, 1.54) is 6.33 Å². The summed E-state index contributed by atoms with van der Waals surface area (Å²) in [5.74, 6) is -0.0837. The molecule has 2 amide bonds. The number of hydrogen-bond acceptors (Lipinski definition) is 4. The summed E-state index contributed by atoms with van der Waals surface area (Å²) in [5.41, 5.74) is 2.55. The number of aromatic nitrogens is 2. The Balaban J connectivity index is 1.66. The van der Waals surface area contributed by atoms with Crippen LogP contribution in [0.15, 0.2) is 36.8 Å². The Hall–Kier alpha value is -2.76. The number of fused-ring (bicyclic) bond motifs is 2. The lowest BCUT2D eigenvalue weighted by atomic mass is 9.75. The predicted molar refractivity (Wildman–Crippen MR) is 97.9 cm³/mol. The summed E-state index contributed by atoms with van der Waals surface area (Å²) in [4.78, 5) is 36.1. The highest BCUT2D eigenvalue weighted by atomic mass is 16.2. The van der Waals surface area contributed by atoms with Crippen molar-refractivity contribution in [3.8, 4) is 0 Å². The van der Waals surface area contributed by atoms with E-state index in [2.05, 4.69) is 22.2 Å². The smallest absolute Gasteiger partial charge is 0.257 e.